The lowest BCUT2D eigenvalue weighted by atomic mass is 10.2. The zero-order chi connectivity index (χ0) is 13.5. The zero-order valence-electron chi connectivity index (χ0n) is 10.5. The van der Waals surface area contributed by atoms with Gasteiger partial charge in [-0.25, -0.2) is 0 Å². The lowest BCUT2D eigenvalue weighted by molar-refractivity contribution is 0.344. The van der Waals surface area contributed by atoms with Crippen LogP contribution in [-0.2, 0) is 6.54 Å². The topological polar surface area (TPSA) is 35.2 Å². The van der Waals surface area contributed by atoms with Gasteiger partial charge in [-0.2, -0.15) is 0 Å². The molecule has 0 bridgehead atoms. The average Bonchev–Trinajstić information content (AvgIpc) is 2.46. The Kier molecular flexibility index (Phi) is 5.76. The third-order valence-corrected chi connectivity index (χ3v) is 4.10. The Morgan fingerprint density at radius 1 is 1.00 bits per heavy atom. The normalized spacial score (nSPS) is 10.4. The van der Waals surface area contributed by atoms with Crippen LogP contribution in [0.25, 0.3) is 0 Å². The summed E-state index contributed by atoms with van der Waals surface area (Å²) in [4.78, 5) is 1.25. The summed E-state index contributed by atoms with van der Waals surface area (Å²) in [6.45, 7) is 1.27. The van der Waals surface area contributed by atoms with E-state index in [-0.39, 0.29) is 0 Å². The fraction of sp³-hybridized carbons (Fsp3) is 0.200. The highest BCUT2D eigenvalue weighted by Gasteiger charge is 1.97. The number of nitrogens with two attached hydrogens (primary N) is 1. The highest BCUT2D eigenvalue weighted by atomic mass is 79.9. The molecule has 0 aliphatic carbocycles. The summed E-state index contributed by atoms with van der Waals surface area (Å²) in [6.07, 6.45) is 0. The fourth-order valence-electron chi connectivity index (χ4n) is 1.57. The van der Waals surface area contributed by atoms with Gasteiger partial charge >= 0.3 is 0 Å². The molecule has 0 aliphatic rings. The maximum Gasteiger partial charge on any atom is 0.119 e. The van der Waals surface area contributed by atoms with Crippen molar-refractivity contribution in [3.63, 3.8) is 0 Å². The molecule has 4 heteroatoms. The Hall–Kier alpha value is -0.970. The lowest BCUT2D eigenvalue weighted by Gasteiger charge is -2.06. The highest BCUT2D eigenvalue weighted by molar-refractivity contribution is 9.10. The van der Waals surface area contributed by atoms with Crippen molar-refractivity contribution in [3.8, 4) is 5.75 Å². The molecule has 2 aromatic carbocycles. The molecule has 0 unspecified atom stereocenters. The van der Waals surface area contributed by atoms with Crippen molar-refractivity contribution < 1.29 is 4.74 Å². The molecule has 0 aromatic heterocycles. The zero-order valence-corrected chi connectivity index (χ0v) is 12.9. The van der Waals surface area contributed by atoms with Crippen molar-refractivity contribution in [3.05, 3.63) is 58.6 Å². The van der Waals surface area contributed by atoms with Crippen LogP contribution in [-0.4, -0.2) is 12.4 Å². The summed E-state index contributed by atoms with van der Waals surface area (Å²) in [5.74, 6) is 1.83. The Balaban J connectivity index is 1.72. The van der Waals surface area contributed by atoms with Crippen LogP contribution in [0.4, 0.5) is 0 Å². The van der Waals surface area contributed by atoms with E-state index in [0.717, 1.165) is 21.5 Å². The monoisotopic (exact) mass is 337 g/mol. The van der Waals surface area contributed by atoms with Crippen molar-refractivity contribution >= 4 is 27.7 Å². The molecule has 19 heavy (non-hydrogen) atoms. The minimum absolute atomic E-state index is 0.569. The van der Waals surface area contributed by atoms with Gasteiger partial charge in [0, 0.05) is 21.7 Å². The maximum absolute atomic E-state index is 5.68. The van der Waals surface area contributed by atoms with Crippen LogP contribution in [0, 0.1) is 0 Å². The molecule has 2 nitrogen and oxygen atoms in total. The average molecular weight is 338 g/mol. The smallest absolute Gasteiger partial charge is 0.119 e. The van der Waals surface area contributed by atoms with E-state index < -0.39 is 0 Å². The molecule has 2 N–H and O–H groups in total. The number of thioether (sulfide) groups is 1. The van der Waals surface area contributed by atoms with Crippen molar-refractivity contribution in [2.75, 3.05) is 12.4 Å². The molecule has 0 radical (unpaired) electrons. The number of halogens is 1. The van der Waals surface area contributed by atoms with Gasteiger partial charge in [-0.1, -0.05) is 28.1 Å². The Bertz CT molecular complexity index is 499. The van der Waals surface area contributed by atoms with E-state index in [1.165, 1.54) is 4.90 Å². The second-order valence-electron chi connectivity index (χ2n) is 4.00. The summed E-state index contributed by atoms with van der Waals surface area (Å²) in [7, 11) is 0. The van der Waals surface area contributed by atoms with Crippen LogP contribution < -0.4 is 10.5 Å². The Morgan fingerprint density at radius 2 is 1.68 bits per heavy atom. The number of benzene rings is 2. The van der Waals surface area contributed by atoms with Crippen molar-refractivity contribution in [1.82, 2.24) is 0 Å². The SMILES string of the molecule is NCc1ccc(OCCSc2ccc(Br)cc2)cc1. The van der Waals surface area contributed by atoms with E-state index in [2.05, 4.69) is 40.2 Å². The molecule has 0 fully saturated rings. The first-order valence-corrected chi connectivity index (χ1v) is 7.86. The summed E-state index contributed by atoms with van der Waals surface area (Å²) >= 11 is 5.22. The molecule has 100 valence electrons. The molecule has 0 amide bonds. The molecule has 2 aromatic rings. The van der Waals surface area contributed by atoms with E-state index in [9.17, 15) is 0 Å². The van der Waals surface area contributed by atoms with Gasteiger partial charge in [0.25, 0.3) is 0 Å². The van der Waals surface area contributed by atoms with Crippen LogP contribution in [0.1, 0.15) is 5.56 Å². The van der Waals surface area contributed by atoms with Crippen LogP contribution in [0.15, 0.2) is 57.9 Å². The van der Waals surface area contributed by atoms with Gasteiger partial charge in [-0.05, 0) is 42.0 Å². The van der Waals surface area contributed by atoms with E-state index in [0.29, 0.717) is 13.2 Å². The van der Waals surface area contributed by atoms with Gasteiger partial charge < -0.3 is 10.5 Å². The largest absolute Gasteiger partial charge is 0.493 e. The Labute approximate surface area is 126 Å². The molecule has 0 heterocycles. The summed E-state index contributed by atoms with van der Waals surface area (Å²) in [5.41, 5.74) is 6.67. The summed E-state index contributed by atoms with van der Waals surface area (Å²) in [5, 5.41) is 0. The minimum Gasteiger partial charge on any atom is -0.493 e. The summed E-state index contributed by atoms with van der Waals surface area (Å²) in [6, 6.07) is 16.2. The van der Waals surface area contributed by atoms with E-state index in [1.807, 2.05) is 24.3 Å². The van der Waals surface area contributed by atoms with Crippen molar-refractivity contribution in [2.45, 2.75) is 11.4 Å². The third-order valence-electron chi connectivity index (χ3n) is 2.59. The van der Waals surface area contributed by atoms with Gasteiger partial charge in [0.05, 0.1) is 6.61 Å². The van der Waals surface area contributed by atoms with Gasteiger partial charge in [0.1, 0.15) is 5.75 Å². The van der Waals surface area contributed by atoms with Gasteiger partial charge in [-0.3, -0.25) is 0 Å². The first-order valence-electron chi connectivity index (χ1n) is 6.08. The Morgan fingerprint density at radius 3 is 2.32 bits per heavy atom. The first kappa shape index (κ1) is 14.4. The van der Waals surface area contributed by atoms with Gasteiger partial charge in [0.15, 0.2) is 0 Å². The van der Waals surface area contributed by atoms with Crippen LogP contribution in [0.5, 0.6) is 5.75 Å². The predicted molar refractivity (Wildman–Crippen MR) is 84.7 cm³/mol. The molecular formula is C15H16BrNOS. The molecule has 0 spiro atoms. The van der Waals surface area contributed by atoms with Crippen molar-refractivity contribution in [2.24, 2.45) is 5.73 Å². The lowest BCUT2D eigenvalue weighted by Crippen LogP contribution is -2.01. The number of hydrogen-bond donors (Lipinski definition) is 1. The van der Waals surface area contributed by atoms with Crippen molar-refractivity contribution in [1.29, 1.82) is 0 Å². The molecule has 2 rings (SSSR count). The molecule has 0 aliphatic heterocycles. The van der Waals surface area contributed by atoms with E-state index in [1.54, 1.807) is 11.8 Å². The molecule has 0 saturated heterocycles. The minimum atomic E-state index is 0.569. The number of rotatable bonds is 6. The van der Waals surface area contributed by atoms with Gasteiger partial charge in [0.2, 0.25) is 0 Å². The quantitative estimate of drug-likeness (QED) is 0.637. The second-order valence-corrected chi connectivity index (χ2v) is 6.08. The third kappa shape index (κ3) is 4.90. The van der Waals surface area contributed by atoms with E-state index >= 15 is 0 Å². The predicted octanol–water partition coefficient (Wildman–Crippen LogP) is 4.08. The van der Waals surface area contributed by atoms with Crippen LogP contribution in [0.3, 0.4) is 0 Å². The number of hydrogen-bond acceptors (Lipinski definition) is 3. The van der Waals surface area contributed by atoms with E-state index in [4.69, 9.17) is 10.5 Å². The summed E-state index contributed by atoms with van der Waals surface area (Å²) < 4.78 is 6.78. The first-order chi connectivity index (χ1) is 9.28. The fourth-order valence-corrected chi connectivity index (χ4v) is 2.57. The standard InChI is InChI=1S/C15H16BrNOS/c16-13-3-7-15(8-4-13)19-10-9-18-14-5-1-12(11-17)2-6-14/h1-8H,9-11,17H2. The number of ether oxygens (including phenoxy) is 1. The van der Waals surface area contributed by atoms with Crippen LogP contribution in [0.2, 0.25) is 0 Å². The maximum atomic E-state index is 5.68. The molecular weight excluding hydrogens is 322 g/mol. The molecule has 0 saturated carbocycles. The van der Waals surface area contributed by atoms with Gasteiger partial charge in [-0.15, -0.1) is 11.8 Å². The second kappa shape index (κ2) is 7.58. The molecule has 0 atom stereocenters. The highest BCUT2D eigenvalue weighted by Crippen LogP contribution is 2.20. The van der Waals surface area contributed by atoms with Crippen LogP contribution >= 0.6 is 27.7 Å².